The summed E-state index contributed by atoms with van der Waals surface area (Å²) in [5.41, 5.74) is 0.507. The Hall–Kier alpha value is -0.810. The van der Waals surface area contributed by atoms with Gasteiger partial charge in [-0.1, -0.05) is 23.2 Å². The lowest BCUT2D eigenvalue weighted by molar-refractivity contribution is -0.118. The fourth-order valence-corrected chi connectivity index (χ4v) is 1.97. The van der Waals surface area contributed by atoms with Crippen molar-refractivity contribution in [2.75, 3.05) is 19.0 Å². The highest BCUT2D eigenvalue weighted by molar-refractivity contribution is 6.35. The Morgan fingerprint density at radius 3 is 2.68 bits per heavy atom. The van der Waals surface area contributed by atoms with Crippen LogP contribution in [0.15, 0.2) is 18.2 Å². The molecule has 0 saturated carbocycles. The van der Waals surface area contributed by atoms with Crippen molar-refractivity contribution in [1.82, 2.24) is 5.32 Å². The minimum atomic E-state index is -0.361. The average Bonchev–Trinajstić information content (AvgIpc) is 2.34. The monoisotopic (exact) mass is 304 g/mol. The molecule has 0 heterocycles. The van der Waals surface area contributed by atoms with E-state index in [9.17, 15) is 4.79 Å². The third-order valence-electron chi connectivity index (χ3n) is 2.53. The van der Waals surface area contributed by atoms with Crippen LogP contribution in [0, 0.1) is 0 Å². The minimum Gasteiger partial charge on any atom is -0.383 e. The van der Waals surface area contributed by atoms with Gasteiger partial charge in [0.05, 0.1) is 23.4 Å². The zero-order valence-corrected chi connectivity index (χ0v) is 12.7. The van der Waals surface area contributed by atoms with Gasteiger partial charge in [-0.15, -0.1) is 0 Å². The standard InChI is InChI=1S/C13H18Cl2N2O2/c1-8(7-19-3)16-9(2)13(18)17-12-6-10(14)4-5-11(12)15/h4-6,8-9,16H,7H2,1-3H3,(H,17,18)/t8-,9-/m1/s1. The summed E-state index contributed by atoms with van der Waals surface area (Å²) in [6.07, 6.45) is 0. The van der Waals surface area contributed by atoms with Gasteiger partial charge in [0, 0.05) is 18.2 Å². The predicted octanol–water partition coefficient (Wildman–Crippen LogP) is 2.94. The first-order valence-corrected chi connectivity index (χ1v) is 6.70. The van der Waals surface area contributed by atoms with E-state index in [0.29, 0.717) is 22.3 Å². The van der Waals surface area contributed by atoms with E-state index in [0.717, 1.165) is 0 Å². The number of halogens is 2. The van der Waals surface area contributed by atoms with Gasteiger partial charge >= 0.3 is 0 Å². The van der Waals surface area contributed by atoms with Gasteiger partial charge in [0.15, 0.2) is 0 Å². The molecule has 0 unspecified atom stereocenters. The molecule has 19 heavy (non-hydrogen) atoms. The Kier molecular flexibility index (Phi) is 6.58. The molecule has 106 valence electrons. The summed E-state index contributed by atoms with van der Waals surface area (Å²) in [4.78, 5) is 12.0. The maximum atomic E-state index is 12.0. The Balaban J connectivity index is 2.61. The normalized spacial score (nSPS) is 13.9. The van der Waals surface area contributed by atoms with Gasteiger partial charge in [-0.2, -0.15) is 0 Å². The molecule has 0 aliphatic heterocycles. The number of benzene rings is 1. The highest BCUT2D eigenvalue weighted by Crippen LogP contribution is 2.25. The molecule has 0 fully saturated rings. The second-order valence-corrected chi connectivity index (χ2v) is 5.20. The molecule has 1 aromatic carbocycles. The number of hydrogen-bond donors (Lipinski definition) is 2. The lowest BCUT2D eigenvalue weighted by atomic mass is 10.2. The Bertz CT molecular complexity index is 441. The van der Waals surface area contributed by atoms with Crippen molar-refractivity contribution in [3.05, 3.63) is 28.2 Å². The molecule has 2 atom stereocenters. The van der Waals surface area contributed by atoms with Crippen molar-refractivity contribution in [1.29, 1.82) is 0 Å². The molecule has 0 aliphatic rings. The first-order chi connectivity index (χ1) is 8.93. The average molecular weight is 305 g/mol. The third-order valence-corrected chi connectivity index (χ3v) is 3.10. The predicted molar refractivity (Wildman–Crippen MR) is 79.0 cm³/mol. The number of amides is 1. The van der Waals surface area contributed by atoms with Gasteiger partial charge in [-0.05, 0) is 32.0 Å². The van der Waals surface area contributed by atoms with E-state index >= 15 is 0 Å². The maximum Gasteiger partial charge on any atom is 0.241 e. The number of nitrogens with one attached hydrogen (secondary N) is 2. The van der Waals surface area contributed by atoms with Crippen LogP contribution in [0.25, 0.3) is 0 Å². The van der Waals surface area contributed by atoms with Crippen LogP contribution in [0.3, 0.4) is 0 Å². The summed E-state index contributed by atoms with van der Waals surface area (Å²) in [6.45, 7) is 4.26. The number of anilines is 1. The van der Waals surface area contributed by atoms with Crippen molar-refractivity contribution >= 4 is 34.8 Å². The van der Waals surface area contributed by atoms with Crippen LogP contribution in [0.5, 0.6) is 0 Å². The summed E-state index contributed by atoms with van der Waals surface area (Å²) < 4.78 is 5.00. The summed E-state index contributed by atoms with van der Waals surface area (Å²) in [5.74, 6) is -0.174. The lowest BCUT2D eigenvalue weighted by Crippen LogP contribution is -2.44. The molecular formula is C13H18Cl2N2O2. The highest BCUT2D eigenvalue weighted by Gasteiger charge is 2.16. The molecule has 0 radical (unpaired) electrons. The number of rotatable bonds is 6. The van der Waals surface area contributed by atoms with Gasteiger partial charge < -0.3 is 15.4 Å². The van der Waals surface area contributed by atoms with Crippen LogP contribution in [0.1, 0.15) is 13.8 Å². The van der Waals surface area contributed by atoms with Crippen molar-refractivity contribution in [3.8, 4) is 0 Å². The Morgan fingerprint density at radius 1 is 1.37 bits per heavy atom. The molecule has 0 bridgehead atoms. The number of carbonyl (C=O) groups is 1. The molecule has 0 saturated heterocycles. The molecule has 0 spiro atoms. The molecule has 1 rings (SSSR count). The molecular weight excluding hydrogens is 287 g/mol. The zero-order valence-electron chi connectivity index (χ0n) is 11.2. The van der Waals surface area contributed by atoms with E-state index in [2.05, 4.69) is 10.6 Å². The molecule has 2 N–H and O–H groups in total. The maximum absolute atomic E-state index is 12.0. The molecule has 0 aromatic heterocycles. The summed E-state index contributed by atoms with van der Waals surface area (Å²) >= 11 is 11.8. The van der Waals surface area contributed by atoms with E-state index in [4.69, 9.17) is 27.9 Å². The first kappa shape index (κ1) is 16.2. The van der Waals surface area contributed by atoms with Crippen molar-refractivity contribution < 1.29 is 9.53 Å². The van der Waals surface area contributed by atoms with Gasteiger partial charge in [0.2, 0.25) is 5.91 Å². The van der Waals surface area contributed by atoms with Crippen LogP contribution in [0.2, 0.25) is 10.0 Å². The minimum absolute atomic E-state index is 0.0839. The zero-order chi connectivity index (χ0) is 14.4. The number of carbonyl (C=O) groups excluding carboxylic acids is 1. The number of methoxy groups -OCH3 is 1. The van der Waals surface area contributed by atoms with Gasteiger partial charge in [0.25, 0.3) is 0 Å². The lowest BCUT2D eigenvalue weighted by Gasteiger charge is -2.19. The summed E-state index contributed by atoms with van der Waals surface area (Å²) in [7, 11) is 1.62. The largest absolute Gasteiger partial charge is 0.383 e. The third kappa shape index (κ3) is 5.37. The number of hydrogen-bond acceptors (Lipinski definition) is 3. The molecule has 1 amide bonds. The van der Waals surface area contributed by atoms with Crippen LogP contribution in [0.4, 0.5) is 5.69 Å². The second-order valence-electron chi connectivity index (χ2n) is 4.36. The van der Waals surface area contributed by atoms with E-state index in [1.807, 2.05) is 6.92 Å². The van der Waals surface area contributed by atoms with E-state index in [1.54, 1.807) is 32.2 Å². The van der Waals surface area contributed by atoms with Gasteiger partial charge in [-0.3, -0.25) is 4.79 Å². The van der Waals surface area contributed by atoms with Crippen LogP contribution in [-0.4, -0.2) is 31.7 Å². The Morgan fingerprint density at radius 2 is 2.05 bits per heavy atom. The number of ether oxygens (including phenoxy) is 1. The van der Waals surface area contributed by atoms with E-state index in [-0.39, 0.29) is 18.0 Å². The van der Waals surface area contributed by atoms with E-state index in [1.165, 1.54) is 0 Å². The topological polar surface area (TPSA) is 50.4 Å². The quantitative estimate of drug-likeness (QED) is 0.849. The van der Waals surface area contributed by atoms with E-state index < -0.39 is 0 Å². The summed E-state index contributed by atoms with van der Waals surface area (Å²) in [5, 5.41) is 6.84. The SMILES string of the molecule is COC[C@@H](C)N[C@H](C)C(=O)Nc1cc(Cl)ccc1Cl. The van der Waals surface area contributed by atoms with Crippen LogP contribution >= 0.6 is 23.2 Å². The van der Waals surface area contributed by atoms with Crippen molar-refractivity contribution in [2.24, 2.45) is 0 Å². The van der Waals surface area contributed by atoms with Crippen molar-refractivity contribution in [3.63, 3.8) is 0 Å². The Labute approximate surface area is 123 Å². The van der Waals surface area contributed by atoms with Gasteiger partial charge in [0.1, 0.15) is 0 Å². The second kappa shape index (κ2) is 7.70. The smallest absolute Gasteiger partial charge is 0.241 e. The molecule has 6 heteroatoms. The van der Waals surface area contributed by atoms with Crippen LogP contribution in [-0.2, 0) is 9.53 Å². The highest BCUT2D eigenvalue weighted by atomic mass is 35.5. The fourth-order valence-electron chi connectivity index (χ4n) is 1.63. The van der Waals surface area contributed by atoms with Crippen molar-refractivity contribution in [2.45, 2.75) is 25.9 Å². The van der Waals surface area contributed by atoms with Gasteiger partial charge in [-0.25, -0.2) is 0 Å². The molecule has 4 nitrogen and oxygen atoms in total. The fraction of sp³-hybridized carbons (Fsp3) is 0.462. The first-order valence-electron chi connectivity index (χ1n) is 5.95. The summed E-state index contributed by atoms with van der Waals surface area (Å²) in [6, 6.07) is 4.65. The molecule has 0 aliphatic carbocycles. The molecule has 1 aromatic rings. The van der Waals surface area contributed by atoms with Crippen LogP contribution < -0.4 is 10.6 Å².